The SMILES string of the molecule is O=C1CC(c2ccccc2)C(c2ccccc2)C(=O)C1=CNCCN1CCN(CCO)CC1. The number of nitrogens with one attached hydrogen (secondary N) is 1. The Morgan fingerprint density at radius 1 is 0.848 bits per heavy atom. The fourth-order valence-electron chi connectivity index (χ4n) is 4.90. The quantitative estimate of drug-likeness (QED) is 0.367. The standard InChI is InChI=1S/C27H33N3O3/c31-18-17-30-15-13-29(14-16-30)12-11-28-20-24-25(32)19-23(21-7-3-1-4-8-21)26(27(24)33)22-9-5-2-6-10-22/h1-10,20,23,26,28,31H,11-19H2. The largest absolute Gasteiger partial charge is 0.395 e. The first kappa shape index (κ1) is 23.4. The summed E-state index contributed by atoms with van der Waals surface area (Å²) in [6.45, 7) is 6.31. The van der Waals surface area contributed by atoms with Crippen LogP contribution in [0, 0.1) is 0 Å². The first-order valence-electron chi connectivity index (χ1n) is 11.8. The third kappa shape index (κ3) is 5.77. The Bertz CT molecular complexity index is 953. The lowest BCUT2D eigenvalue weighted by atomic mass is 9.69. The Hall–Kier alpha value is -2.80. The van der Waals surface area contributed by atoms with Gasteiger partial charge in [0.1, 0.15) is 0 Å². The molecule has 1 saturated carbocycles. The molecule has 6 nitrogen and oxygen atoms in total. The van der Waals surface area contributed by atoms with Gasteiger partial charge in [-0.3, -0.25) is 19.4 Å². The fraction of sp³-hybridized carbons (Fsp3) is 0.407. The van der Waals surface area contributed by atoms with Crippen LogP contribution >= 0.6 is 0 Å². The van der Waals surface area contributed by atoms with Crippen LogP contribution in [0.2, 0.25) is 0 Å². The van der Waals surface area contributed by atoms with Gasteiger partial charge < -0.3 is 10.4 Å². The molecule has 0 radical (unpaired) electrons. The summed E-state index contributed by atoms with van der Waals surface area (Å²) in [5.41, 5.74) is 2.26. The molecule has 0 bridgehead atoms. The van der Waals surface area contributed by atoms with Crippen LogP contribution < -0.4 is 5.32 Å². The molecule has 0 amide bonds. The van der Waals surface area contributed by atoms with Gasteiger partial charge in [-0.15, -0.1) is 0 Å². The molecule has 1 heterocycles. The molecule has 174 valence electrons. The summed E-state index contributed by atoms with van der Waals surface area (Å²) in [6, 6.07) is 19.7. The summed E-state index contributed by atoms with van der Waals surface area (Å²) >= 11 is 0. The van der Waals surface area contributed by atoms with E-state index < -0.39 is 0 Å². The average Bonchev–Trinajstić information content (AvgIpc) is 2.85. The summed E-state index contributed by atoms with van der Waals surface area (Å²) in [7, 11) is 0. The first-order valence-corrected chi connectivity index (χ1v) is 11.8. The summed E-state index contributed by atoms with van der Waals surface area (Å²) in [5, 5.41) is 12.3. The van der Waals surface area contributed by atoms with Crippen molar-refractivity contribution in [3.63, 3.8) is 0 Å². The Morgan fingerprint density at radius 3 is 2.03 bits per heavy atom. The molecule has 2 fully saturated rings. The number of rotatable bonds is 8. The van der Waals surface area contributed by atoms with Gasteiger partial charge in [0.05, 0.1) is 18.1 Å². The predicted molar refractivity (Wildman–Crippen MR) is 129 cm³/mol. The van der Waals surface area contributed by atoms with Crippen LogP contribution in [0.5, 0.6) is 0 Å². The van der Waals surface area contributed by atoms with Gasteiger partial charge >= 0.3 is 0 Å². The maximum Gasteiger partial charge on any atom is 0.175 e. The van der Waals surface area contributed by atoms with Crippen molar-refractivity contribution >= 4 is 11.6 Å². The number of ketones is 2. The minimum atomic E-state index is -0.362. The Balaban J connectivity index is 1.42. The van der Waals surface area contributed by atoms with E-state index in [1.54, 1.807) is 6.20 Å². The number of carbonyl (C=O) groups excluding carboxylic acids is 2. The van der Waals surface area contributed by atoms with Crippen LogP contribution in [0.25, 0.3) is 0 Å². The van der Waals surface area contributed by atoms with Crippen molar-refractivity contribution in [3.05, 3.63) is 83.6 Å². The highest BCUT2D eigenvalue weighted by Crippen LogP contribution is 2.42. The molecule has 1 aliphatic heterocycles. The number of nitrogens with zero attached hydrogens (tertiary/aromatic N) is 2. The number of piperazine rings is 1. The number of aliphatic hydroxyl groups excluding tert-OH is 1. The van der Waals surface area contributed by atoms with Gasteiger partial charge in [0.2, 0.25) is 0 Å². The number of aliphatic hydroxyl groups is 1. The van der Waals surface area contributed by atoms with E-state index in [0.717, 1.165) is 50.4 Å². The second-order valence-corrected chi connectivity index (χ2v) is 8.82. The van der Waals surface area contributed by atoms with Gasteiger partial charge in [0.15, 0.2) is 11.6 Å². The zero-order valence-corrected chi connectivity index (χ0v) is 19.0. The minimum Gasteiger partial charge on any atom is -0.395 e. The molecular weight excluding hydrogens is 414 g/mol. The van der Waals surface area contributed by atoms with E-state index in [0.29, 0.717) is 13.0 Å². The third-order valence-corrected chi connectivity index (χ3v) is 6.74. The second-order valence-electron chi connectivity index (χ2n) is 8.82. The molecule has 2 unspecified atom stereocenters. The molecule has 2 N–H and O–H groups in total. The van der Waals surface area contributed by atoms with Crippen LogP contribution in [-0.4, -0.2) is 78.9 Å². The summed E-state index contributed by atoms with van der Waals surface area (Å²) in [6.07, 6.45) is 1.97. The number of allylic oxidation sites excluding steroid dienone is 1. The lowest BCUT2D eigenvalue weighted by molar-refractivity contribution is -0.125. The molecular formula is C27H33N3O3. The van der Waals surface area contributed by atoms with E-state index in [9.17, 15) is 9.59 Å². The number of Topliss-reactive ketones (excluding diaryl/α,β-unsaturated/α-hetero) is 2. The van der Waals surface area contributed by atoms with Crippen LogP contribution in [0.4, 0.5) is 0 Å². The molecule has 2 aromatic rings. The molecule has 4 rings (SSSR count). The Kier molecular flexibility index (Phi) is 8.05. The lowest BCUT2D eigenvalue weighted by Gasteiger charge is -2.34. The molecule has 2 aliphatic rings. The van der Waals surface area contributed by atoms with Crippen molar-refractivity contribution in [2.75, 3.05) is 52.4 Å². The van der Waals surface area contributed by atoms with E-state index in [1.165, 1.54) is 0 Å². The number of carbonyl (C=O) groups is 2. The molecule has 33 heavy (non-hydrogen) atoms. The van der Waals surface area contributed by atoms with Crippen LogP contribution in [-0.2, 0) is 9.59 Å². The van der Waals surface area contributed by atoms with Crippen LogP contribution in [0.3, 0.4) is 0 Å². The van der Waals surface area contributed by atoms with Crippen molar-refractivity contribution in [1.29, 1.82) is 0 Å². The highest BCUT2D eigenvalue weighted by molar-refractivity contribution is 6.24. The monoisotopic (exact) mass is 447 g/mol. The molecule has 2 aromatic carbocycles. The van der Waals surface area contributed by atoms with E-state index in [4.69, 9.17) is 5.11 Å². The van der Waals surface area contributed by atoms with Crippen LogP contribution in [0.15, 0.2) is 72.4 Å². The zero-order chi connectivity index (χ0) is 23.0. The maximum absolute atomic E-state index is 13.5. The van der Waals surface area contributed by atoms with Crippen molar-refractivity contribution in [1.82, 2.24) is 15.1 Å². The minimum absolute atomic E-state index is 0.0915. The first-order chi connectivity index (χ1) is 16.2. The molecule has 6 heteroatoms. The second kappa shape index (κ2) is 11.4. The van der Waals surface area contributed by atoms with Crippen molar-refractivity contribution in [2.45, 2.75) is 18.3 Å². The predicted octanol–water partition coefficient (Wildman–Crippen LogP) is 2.18. The molecule has 2 atom stereocenters. The molecule has 1 saturated heterocycles. The summed E-state index contributed by atoms with van der Waals surface area (Å²) < 4.78 is 0. The van der Waals surface area contributed by atoms with Gasteiger partial charge in [0, 0.05) is 64.4 Å². The molecule has 1 aliphatic carbocycles. The smallest absolute Gasteiger partial charge is 0.175 e. The van der Waals surface area contributed by atoms with E-state index in [2.05, 4.69) is 15.1 Å². The van der Waals surface area contributed by atoms with Crippen molar-refractivity contribution in [3.8, 4) is 0 Å². The highest BCUT2D eigenvalue weighted by atomic mass is 16.3. The van der Waals surface area contributed by atoms with E-state index >= 15 is 0 Å². The van der Waals surface area contributed by atoms with Gasteiger partial charge in [-0.25, -0.2) is 0 Å². The fourth-order valence-corrected chi connectivity index (χ4v) is 4.90. The summed E-state index contributed by atoms with van der Waals surface area (Å²) in [5.74, 6) is -0.706. The van der Waals surface area contributed by atoms with Crippen molar-refractivity contribution in [2.24, 2.45) is 0 Å². The third-order valence-electron chi connectivity index (χ3n) is 6.74. The molecule has 0 spiro atoms. The number of benzene rings is 2. The van der Waals surface area contributed by atoms with E-state index in [1.807, 2.05) is 60.7 Å². The summed E-state index contributed by atoms with van der Waals surface area (Å²) in [4.78, 5) is 31.2. The topological polar surface area (TPSA) is 72.9 Å². The lowest BCUT2D eigenvalue weighted by Crippen LogP contribution is -2.48. The van der Waals surface area contributed by atoms with E-state index in [-0.39, 0.29) is 35.6 Å². The number of hydrogen-bond acceptors (Lipinski definition) is 6. The van der Waals surface area contributed by atoms with Crippen LogP contribution in [0.1, 0.15) is 29.4 Å². The maximum atomic E-state index is 13.5. The van der Waals surface area contributed by atoms with Crippen molar-refractivity contribution < 1.29 is 14.7 Å². The van der Waals surface area contributed by atoms with Gasteiger partial charge in [-0.2, -0.15) is 0 Å². The van der Waals surface area contributed by atoms with Gasteiger partial charge in [-0.05, 0) is 11.1 Å². The normalized spacial score (nSPS) is 23.7. The zero-order valence-electron chi connectivity index (χ0n) is 19.0. The Morgan fingerprint density at radius 2 is 1.42 bits per heavy atom. The van der Waals surface area contributed by atoms with Gasteiger partial charge in [-0.1, -0.05) is 60.7 Å². The molecule has 0 aromatic heterocycles. The number of β-amino-alcohol motifs (C(OH)–C–C–N with tert-alkyl or cyclic N) is 1. The average molecular weight is 448 g/mol. The van der Waals surface area contributed by atoms with Gasteiger partial charge in [0.25, 0.3) is 0 Å². The Labute approximate surface area is 195 Å². The highest BCUT2D eigenvalue weighted by Gasteiger charge is 2.41. The number of hydrogen-bond donors (Lipinski definition) is 2.